The summed E-state index contributed by atoms with van der Waals surface area (Å²) in [6.45, 7) is 36.8. The minimum Gasteiger partial charge on any atom is -0.311 e. The zero-order valence-corrected chi connectivity index (χ0v) is 42.5. The van der Waals surface area contributed by atoms with Gasteiger partial charge in [-0.2, -0.15) is 11.3 Å². The van der Waals surface area contributed by atoms with Crippen molar-refractivity contribution < 1.29 is 0 Å². The lowest BCUT2D eigenvalue weighted by Gasteiger charge is -2.48. The van der Waals surface area contributed by atoms with E-state index in [1.807, 2.05) is 0 Å². The van der Waals surface area contributed by atoms with Crippen LogP contribution in [0.4, 0.5) is 34.1 Å². The quantitative estimate of drug-likeness (QED) is 0.163. The van der Waals surface area contributed by atoms with E-state index in [2.05, 4.69) is 192 Å². The van der Waals surface area contributed by atoms with Gasteiger partial charge in [-0.1, -0.05) is 147 Å². The lowest BCUT2D eigenvalue weighted by molar-refractivity contribution is 0.332. The molecule has 330 valence electrons. The summed E-state index contributed by atoms with van der Waals surface area (Å²) in [6.07, 6.45) is 11.4. The molecule has 2 aliphatic heterocycles. The van der Waals surface area contributed by atoms with Gasteiger partial charge < -0.3 is 9.80 Å². The summed E-state index contributed by atoms with van der Waals surface area (Å²) >= 11 is 2.17. The highest BCUT2D eigenvalue weighted by atomic mass is 32.1. The summed E-state index contributed by atoms with van der Waals surface area (Å²) in [5, 5.41) is 0. The van der Waals surface area contributed by atoms with Crippen LogP contribution in [0, 0.1) is 6.92 Å². The minimum atomic E-state index is 0.0527. The Hall–Kier alpha value is -3.76. The van der Waals surface area contributed by atoms with Gasteiger partial charge in [0, 0.05) is 38.1 Å². The normalized spacial score (nSPS) is 20.7. The van der Waals surface area contributed by atoms with Crippen molar-refractivity contribution in [2.45, 2.75) is 200 Å². The van der Waals surface area contributed by atoms with Crippen molar-refractivity contribution >= 4 is 67.9 Å². The van der Waals surface area contributed by atoms with E-state index in [-0.39, 0.29) is 39.2 Å². The molecule has 0 atom stereocenters. The Balaban J connectivity index is 1.36. The number of hydrogen-bond acceptors (Lipinski definition) is 3. The average molecular weight is 855 g/mol. The van der Waals surface area contributed by atoms with Crippen molar-refractivity contribution in [1.82, 2.24) is 0 Å². The number of benzene rings is 4. The number of rotatable bonds is 3. The first-order chi connectivity index (χ1) is 29.4. The van der Waals surface area contributed by atoms with Gasteiger partial charge in [0.2, 0.25) is 0 Å². The van der Waals surface area contributed by atoms with Gasteiger partial charge in [0.05, 0.1) is 5.69 Å². The molecule has 0 spiro atoms. The monoisotopic (exact) mass is 855 g/mol. The van der Waals surface area contributed by atoms with Crippen molar-refractivity contribution in [3.05, 3.63) is 111 Å². The van der Waals surface area contributed by atoms with Gasteiger partial charge in [-0.05, 0) is 170 Å². The Morgan fingerprint density at radius 2 is 1.13 bits per heavy atom. The Kier molecular flexibility index (Phi) is 9.68. The number of aryl methyl sites for hydroxylation is 1. The molecule has 1 fully saturated rings. The molecule has 0 bridgehead atoms. The molecule has 4 heteroatoms. The maximum Gasteiger partial charge on any atom is 0.264 e. The first-order valence-electron chi connectivity index (χ1n) is 24.8. The van der Waals surface area contributed by atoms with Crippen LogP contribution in [-0.4, -0.2) is 6.71 Å². The van der Waals surface area contributed by atoms with E-state index in [1.165, 1.54) is 125 Å². The third-order valence-corrected chi connectivity index (χ3v) is 18.5. The molecule has 0 radical (unpaired) electrons. The van der Waals surface area contributed by atoms with E-state index in [0.717, 1.165) is 0 Å². The molecule has 1 saturated carbocycles. The van der Waals surface area contributed by atoms with Gasteiger partial charge in [-0.25, -0.2) is 0 Å². The molecular weight excluding hydrogens is 780 g/mol. The number of fused-ring (bicyclic) bond motifs is 7. The Morgan fingerprint density at radius 1 is 0.571 bits per heavy atom. The summed E-state index contributed by atoms with van der Waals surface area (Å²) in [5.41, 5.74) is 22.2. The molecule has 5 aromatic rings. The smallest absolute Gasteiger partial charge is 0.264 e. The van der Waals surface area contributed by atoms with Gasteiger partial charge in [-0.15, -0.1) is 0 Å². The fourth-order valence-electron chi connectivity index (χ4n) is 12.5. The fourth-order valence-corrected chi connectivity index (χ4v) is 14.3. The van der Waals surface area contributed by atoms with Crippen LogP contribution < -0.4 is 25.5 Å². The van der Waals surface area contributed by atoms with Gasteiger partial charge >= 0.3 is 0 Å². The fraction of sp³-hybridized carbons (Fsp3) is 0.525. The summed E-state index contributed by atoms with van der Waals surface area (Å²) < 4.78 is 1.55. The van der Waals surface area contributed by atoms with Crippen LogP contribution in [0.5, 0.6) is 0 Å². The minimum absolute atomic E-state index is 0.0527. The van der Waals surface area contributed by atoms with Crippen LogP contribution in [0.1, 0.15) is 204 Å². The van der Waals surface area contributed by atoms with Crippen molar-refractivity contribution in [2.24, 2.45) is 0 Å². The first-order valence-corrected chi connectivity index (χ1v) is 25.6. The third kappa shape index (κ3) is 6.75. The second-order valence-corrected chi connectivity index (χ2v) is 26.5. The van der Waals surface area contributed by atoms with Gasteiger partial charge in [0.1, 0.15) is 0 Å². The summed E-state index contributed by atoms with van der Waals surface area (Å²) in [7, 11) is 0. The third-order valence-electron chi connectivity index (χ3n) is 16.9. The van der Waals surface area contributed by atoms with E-state index in [0.29, 0.717) is 5.92 Å². The van der Waals surface area contributed by atoms with Crippen LogP contribution in [-0.2, 0) is 32.5 Å². The molecule has 0 N–H and O–H groups in total. The van der Waals surface area contributed by atoms with E-state index >= 15 is 0 Å². The number of nitrogens with zero attached hydrogens (tertiary/aromatic N) is 2. The Morgan fingerprint density at radius 3 is 1.73 bits per heavy atom. The molecule has 4 aromatic carbocycles. The highest BCUT2D eigenvalue weighted by Crippen LogP contribution is 2.58. The number of thiophene rings is 1. The van der Waals surface area contributed by atoms with Gasteiger partial charge in [0.15, 0.2) is 0 Å². The molecule has 3 heterocycles. The van der Waals surface area contributed by atoms with E-state index in [9.17, 15) is 0 Å². The molecule has 10 rings (SSSR count). The number of hydrogen-bond donors (Lipinski definition) is 0. The lowest BCUT2D eigenvalue weighted by Crippen LogP contribution is -2.61. The molecule has 63 heavy (non-hydrogen) atoms. The highest BCUT2D eigenvalue weighted by Gasteiger charge is 2.52. The number of anilines is 6. The molecule has 0 amide bonds. The van der Waals surface area contributed by atoms with Crippen molar-refractivity contribution in [2.75, 3.05) is 9.80 Å². The van der Waals surface area contributed by atoms with E-state index in [4.69, 9.17) is 0 Å². The molecular formula is C59H75BN2S. The predicted molar refractivity (Wildman–Crippen MR) is 277 cm³/mol. The molecule has 0 unspecified atom stereocenters. The predicted octanol–water partition coefficient (Wildman–Crippen LogP) is 15.5. The summed E-state index contributed by atoms with van der Waals surface area (Å²) in [4.78, 5) is 7.18. The standard InChI is InChI=1S/C59H75BN2S/c1-36-31-40(55(5,6)7)23-26-45(36)62-46-35-43-42(56(8,9)27-28-57(43,10)11)34-44(46)60-50-47(32-38(33-48(50)62)37-19-17-16-18-20-37)61(41-24-21-39(22-25-41)54(2,3)4)51-49-52(63-53(51)60)59(14,15)30-29-58(49,12)13/h21-26,31-35,37H,16-20,27-30H2,1-15H3. The van der Waals surface area contributed by atoms with E-state index in [1.54, 1.807) is 26.3 Å². The Labute approximate surface area is 386 Å². The van der Waals surface area contributed by atoms with Crippen LogP contribution in [0.25, 0.3) is 0 Å². The molecule has 0 saturated heterocycles. The van der Waals surface area contributed by atoms with Crippen molar-refractivity contribution in [3.8, 4) is 0 Å². The maximum absolute atomic E-state index is 2.80. The largest absolute Gasteiger partial charge is 0.311 e. The van der Waals surface area contributed by atoms with Gasteiger partial charge in [0.25, 0.3) is 6.71 Å². The average Bonchev–Trinajstić information content (AvgIpc) is 3.64. The zero-order chi connectivity index (χ0) is 45.0. The molecule has 2 nitrogen and oxygen atoms in total. The summed E-state index contributed by atoms with van der Waals surface area (Å²) in [5.74, 6) is 0.563. The lowest BCUT2D eigenvalue weighted by atomic mass is 9.35. The van der Waals surface area contributed by atoms with Crippen LogP contribution in [0.2, 0.25) is 0 Å². The SMILES string of the molecule is Cc1cc(C(C)(C)C)ccc1N1c2cc3c(cc2B2c4sc5c(c4N(c4ccc(C(C)(C)C)cc4)c4cc(C6CCCCC6)cc1c42)C(C)(C)CCC5(C)C)C(C)(C)CCC3(C)C. The summed E-state index contributed by atoms with van der Waals surface area (Å²) in [6, 6.07) is 28.0. The second kappa shape index (κ2) is 14.1. The highest BCUT2D eigenvalue weighted by molar-refractivity contribution is 7.29. The zero-order valence-electron chi connectivity index (χ0n) is 41.7. The van der Waals surface area contributed by atoms with Gasteiger partial charge in [-0.3, -0.25) is 0 Å². The second-order valence-electron chi connectivity index (χ2n) is 25.5. The first kappa shape index (κ1) is 43.2. The van der Waals surface area contributed by atoms with Crippen molar-refractivity contribution in [1.29, 1.82) is 0 Å². The molecule has 5 aliphatic rings. The van der Waals surface area contributed by atoms with Crippen molar-refractivity contribution in [3.63, 3.8) is 0 Å². The Bertz CT molecular complexity index is 2650. The van der Waals surface area contributed by atoms with Crippen LogP contribution in [0.15, 0.2) is 66.7 Å². The van der Waals surface area contributed by atoms with Crippen LogP contribution in [0.3, 0.4) is 0 Å². The topological polar surface area (TPSA) is 6.48 Å². The van der Waals surface area contributed by atoms with Crippen LogP contribution >= 0.6 is 11.3 Å². The molecule has 1 aromatic heterocycles. The van der Waals surface area contributed by atoms with E-state index < -0.39 is 0 Å². The molecule has 3 aliphatic carbocycles. The maximum atomic E-state index is 2.80.